The summed E-state index contributed by atoms with van der Waals surface area (Å²) in [6.45, 7) is 0. The van der Waals surface area contributed by atoms with E-state index in [-0.39, 0.29) is 0 Å². The van der Waals surface area contributed by atoms with Crippen LogP contribution >= 0.6 is 0 Å². The normalized spacial score (nSPS) is 10.7. The number of nitrogens with zero attached hydrogens (tertiary/aromatic N) is 4. The molecular formula is C16H10N4O2. The van der Waals surface area contributed by atoms with Gasteiger partial charge in [-0.25, -0.2) is 0 Å². The van der Waals surface area contributed by atoms with E-state index in [0.29, 0.717) is 23.4 Å². The predicted molar refractivity (Wildman–Crippen MR) is 78.5 cm³/mol. The van der Waals surface area contributed by atoms with E-state index in [0.717, 1.165) is 11.1 Å². The largest absolute Gasteiger partial charge is 0.333 e. The van der Waals surface area contributed by atoms with Crippen LogP contribution < -0.4 is 0 Å². The molecule has 0 aliphatic rings. The Labute approximate surface area is 125 Å². The molecule has 0 fully saturated rings. The van der Waals surface area contributed by atoms with Crippen molar-refractivity contribution in [2.75, 3.05) is 0 Å². The second-order valence-electron chi connectivity index (χ2n) is 4.58. The highest BCUT2D eigenvalue weighted by molar-refractivity contribution is 5.58. The summed E-state index contributed by atoms with van der Waals surface area (Å²) in [5, 5.41) is 7.80. The van der Waals surface area contributed by atoms with Crippen molar-refractivity contribution in [1.29, 1.82) is 0 Å². The molecule has 0 atom stereocenters. The van der Waals surface area contributed by atoms with E-state index in [9.17, 15) is 0 Å². The van der Waals surface area contributed by atoms with Gasteiger partial charge in [0.1, 0.15) is 0 Å². The maximum Gasteiger partial charge on any atom is 0.258 e. The van der Waals surface area contributed by atoms with Gasteiger partial charge in [0, 0.05) is 11.1 Å². The van der Waals surface area contributed by atoms with Gasteiger partial charge >= 0.3 is 0 Å². The summed E-state index contributed by atoms with van der Waals surface area (Å²) in [6, 6.07) is 19.0. The maximum atomic E-state index is 5.24. The Morgan fingerprint density at radius 2 is 0.955 bits per heavy atom. The summed E-state index contributed by atoms with van der Waals surface area (Å²) in [5.74, 6) is 1.43. The molecule has 0 saturated heterocycles. The minimum Gasteiger partial charge on any atom is -0.333 e. The first-order chi connectivity index (χ1) is 10.9. The number of benzene rings is 2. The van der Waals surface area contributed by atoms with Crippen LogP contribution in [0.2, 0.25) is 0 Å². The van der Waals surface area contributed by atoms with Crippen LogP contribution in [-0.4, -0.2) is 20.3 Å². The number of hydrogen-bond acceptors (Lipinski definition) is 6. The van der Waals surface area contributed by atoms with E-state index in [1.807, 2.05) is 60.7 Å². The third kappa shape index (κ3) is 2.26. The molecule has 6 nitrogen and oxygen atoms in total. The standard InChI is InChI=1S/C16H10N4O2/c1-3-7-11(8-4-1)15-17-13(19-21-15)14-18-16(22-20-14)12-9-5-2-6-10-12/h1-10H. The molecule has 0 unspecified atom stereocenters. The van der Waals surface area contributed by atoms with Gasteiger partial charge in [-0.15, -0.1) is 0 Å². The van der Waals surface area contributed by atoms with Gasteiger partial charge in [0.05, 0.1) is 0 Å². The quantitative estimate of drug-likeness (QED) is 0.575. The van der Waals surface area contributed by atoms with Crippen LogP contribution in [0.25, 0.3) is 34.6 Å². The van der Waals surface area contributed by atoms with Gasteiger partial charge in [-0.1, -0.05) is 46.7 Å². The van der Waals surface area contributed by atoms with E-state index >= 15 is 0 Å². The predicted octanol–water partition coefficient (Wildman–Crippen LogP) is 3.45. The maximum absolute atomic E-state index is 5.24. The van der Waals surface area contributed by atoms with Crippen molar-refractivity contribution >= 4 is 0 Å². The molecule has 6 heteroatoms. The summed E-state index contributed by atoms with van der Waals surface area (Å²) >= 11 is 0. The lowest BCUT2D eigenvalue weighted by Gasteiger charge is -1.90. The Morgan fingerprint density at radius 3 is 1.36 bits per heavy atom. The van der Waals surface area contributed by atoms with E-state index in [2.05, 4.69) is 20.3 Å². The second kappa shape index (κ2) is 5.25. The third-order valence-corrected chi connectivity index (χ3v) is 3.09. The molecule has 0 aliphatic heterocycles. The molecule has 0 amide bonds. The summed E-state index contributed by atoms with van der Waals surface area (Å²) < 4.78 is 10.5. The monoisotopic (exact) mass is 290 g/mol. The van der Waals surface area contributed by atoms with Crippen molar-refractivity contribution in [3.05, 3.63) is 60.7 Å². The highest BCUT2D eigenvalue weighted by Crippen LogP contribution is 2.23. The van der Waals surface area contributed by atoms with Gasteiger partial charge in [0.15, 0.2) is 0 Å². The summed E-state index contributed by atoms with van der Waals surface area (Å²) in [6.07, 6.45) is 0. The zero-order valence-corrected chi connectivity index (χ0v) is 11.4. The third-order valence-electron chi connectivity index (χ3n) is 3.09. The Morgan fingerprint density at radius 1 is 0.545 bits per heavy atom. The fourth-order valence-corrected chi connectivity index (χ4v) is 2.02. The van der Waals surface area contributed by atoms with Crippen molar-refractivity contribution in [3.63, 3.8) is 0 Å². The molecule has 4 rings (SSSR count). The SMILES string of the molecule is c1ccc(-c2nc(-c3noc(-c4ccccc4)n3)no2)cc1. The fourth-order valence-electron chi connectivity index (χ4n) is 2.02. The molecule has 0 N–H and O–H groups in total. The molecule has 0 spiro atoms. The van der Waals surface area contributed by atoms with Crippen molar-refractivity contribution in [2.45, 2.75) is 0 Å². The van der Waals surface area contributed by atoms with Crippen molar-refractivity contribution in [3.8, 4) is 34.6 Å². The number of rotatable bonds is 3. The lowest BCUT2D eigenvalue weighted by molar-refractivity contribution is 0.423. The van der Waals surface area contributed by atoms with E-state index in [1.165, 1.54) is 0 Å². The highest BCUT2D eigenvalue weighted by Gasteiger charge is 2.16. The summed E-state index contributed by atoms with van der Waals surface area (Å²) in [4.78, 5) is 8.59. The smallest absolute Gasteiger partial charge is 0.258 e. The molecule has 22 heavy (non-hydrogen) atoms. The van der Waals surface area contributed by atoms with Gasteiger partial charge in [-0.05, 0) is 24.3 Å². The lowest BCUT2D eigenvalue weighted by Crippen LogP contribution is -1.84. The van der Waals surface area contributed by atoms with E-state index in [4.69, 9.17) is 9.05 Å². The van der Waals surface area contributed by atoms with E-state index in [1.54, 1.807) is 0 Å². The summed E-state index contributed by atoms with van der Waals surface area (Å²) in [5.41, 5.74) is 1.68. The molecule has 2 aromatic heterocycles. The van der Waals surface area contributed by atoms with Crippen molar-refractivity contribution < 1.29 is 9.05 Å². The van der Waals surface area contributed by atoms with Gasteiger partial charge < -0.3 is 9.05 Å². The van der Waals surface area contributed by atoms with Crippen LogP contribution in [0.4, 0.5) is 0 Å². The first-order valence-corrected chi connectivity index (χ1v) is 6.69. The Balaban J connectivity index is 1.66. The van der Waals surface area contributed by atoms with Gasteiger partial charge in [-0.2, -0.15) is 9.97 Å². The first kappa shape index (κ1) is 12.5. The van der Waals surface area contributed by atoms with Crippen LogP contribution in [0, 0.1) is 0 Å². The molecule has 0 aliphatic carbocycles. The molecule has 2 heterocycles. The minimum atomic E-state index is 0.296. The molecule has 106 valence electrons. The Kier molecular flexibility index (Phi) is 2.97. The molecule has 0 bridgehead atoms. The number of hydrogen-bond donors (Lipinski definition) is 0. The molecule has 0 saturated carbocycles. The minimum absolute atomic E-state index is 0.296. The van der Waals surface area contributed by atoms with E-state index < -0.39 is 0 Å². The Bertz CT molecular complexity index is 809. The van der Waals surface area contributed by atoms with Gasteiger partial charge in [0.25, 0.3) is 11.8 Å². The van der Waals surface area contributed by atoms with Gasteiger partial charge in [-0.3, -0.25) is 0 Å². The average Bonchev–Trinajstić information content (AvgIpc) is 3.26. The highest BCUT2D eigenvalue weighted by atomic mass is 16.5. The zero-order chi connectivity index (χ0) is 14.8. The van der Waals surface area contributed by atoms with Crippen LogP contribution in [-0.2, 0) is 0 Å². The molecule has 2 aromatic carbocycles. The van der Waals surface area contributed by atoms with Crippen molar-refractivity contribution in [1.82, 2.24) is 20.3 Å². The molecule has 4 aromatic rings. The topological polar surface area (TPSA) is 77.8 Å². The van der Waals surface area contributed by atoms with Crippen LogP contribution in [0.15, 0.2) is 69.7 Å². The molecular weight excluding hydrogens is 280 g/mol. The average molecular weight is 290 g/mol. The lowest BCUT2D eigenvalue weighted by atomic mass is 10.2. The molecule has 0 radical (unpaired) electrons. The van der Waals surface area contributed by atoms with Crippen LogP contribution in [0.5, 0.6) is 0 Å². The van der Waals surface area contributed by atoms with Crippen molar-refractivity contribution in [2.24, 2.45) is 0 Å². The van der Waals surface area contributed by atoms with Gasteiger partial charge in [0.2, 0.25) is 11.6 Å². The number of aromatic nitrogens is 4. The first-order valence-electron chi connectivity index (χ1n) is 6.69. The second-order valence-corrected chi connectivity index (χ2v) is 4.58. The van der Waals surface area contributed by atoms with Crippen LogP contribution in [0.1, 0.15) is 0 Å². The summed E-state index contributed by atoms with van der Waals surface area (Å²) in [7, 11) is 0. The zero-order valence-electron chi connectivity index (χ0n) is 11.4. The Hall–Kier alpha value is -3.28. The van der Waals surface area contributed by atoms with Crippen LogP contribution in [0.3, 0.4) is 0 Å². The fraction of sp³-hybridized carbons (Fsp3) is 0.